The second kappa shape index (κ2) is 16.0. The van der Waals surface area contributed by atoms with E-state index in [-0.39, 0.29) is 4.90 Å². The molecule has 1 aliphatic carbocycles. The molecule has 0 bridgehead atoms. The highest BCUT2D eigenvalue weighted by Gasteiger charge is 2.32. The molecule has 1 fully saturated rings. The van der Waals surface area contributed by atoms with E-state index in [1.54, 1.807) is 39.0 Å². The predicted octanol–water partition coefficient (Wildman–Crippen LogP) is 7.21. The number of anilines is 1. The highest BCUT2D eigenvalue weighted by atomic mass is 32.2. The van der Waals surface area contributed by atoms with Gasteiger partial charge in [0.15, 0.2) is 0 Å². The van der Waals surface area contributed by atoms with Crippen LogP contribution in [0.3, 0.4) is 0 Å². The zero-order chi connectivity index (χ0) is 34.9. The maximum atomic E-state index is 13.4. The van der Waals surface area contributed by atoms with Crippen LogP contribution in [0.25, 0.3) is 0 Å². The number of ether oxygens (including phenoxy) is 3. The molecule has 49 heavy (non-hydrogen) atoms. The fraction of sp³-hybridized carbons (Fsp3) is 0.316. The molecule has 0 saturated heterocycles. The van der Waals surface area contributed by atoms with Gasteiger partial charge in [-0.1, -0.05) is 73.5 Å². The molecule has 0 heterocycles. The van der Waals surface area contributed by atoms with Crippen LogP contribution in [-0.2, 0) is 28.0 Å². The molecule has 1 aliphatic rings. The lowest BCUT2D eigenvalue weighted by molar-refractivity contribution is 0.0483. The summed E-state index contributed by atoms with van der Waals surface area (Å²) in [5.74, 6) is 0.519. The van der Waals surface area contributed by atoms with Crippen molar-refractivity contribution in [1.82, 2.24) is 10.0 Å². The van der Waals surface area contributed by atoms with Crippen LogP contribution in [0.1, 0.15) is 67.9 Å². The van der Waals surface area contributed by atoms with E-state index in [0.29, 0.717) is 48.8 Å². The lowest BCUT2D eigenvalue weighted by Crippen LogP contribution is -2.53. The molecule has 1 saturated carbocycles. The Bertz CT molecular complexity index is 1750. The molecule has 4 aromatic rings. The van der Waals surface area contributed by atoms with Gasteiger partial charge in [-0.2, -0.15) is 0 Å². The highest BCUT2D eigenvalue weighted by molar-refractivity contribution is 7.89. The lowest BCUT2D eigenvalue weighted by atomic mass is 9.91. The number of benzene rings is 4. The Balaban J connectivity index is 1.26. The second-order valence-electron chi connectivity index (χ2n) is 13.0. The first-order valence-corrected chi connectivity index (χ1v) is 17.8. The van der Waals surface area contributed by atoms with Crippen LogP contribution in [0.4, 0.5) is 10.5 Å². The Labute approximate surface area is 288 Å². The van der Waals surface area contributed by atoms with Gasteiger partial charge in [-0.25, -0.2) is 17.9 Å². The van der Waals surface area contributed by atoms with E-state index in [2.05, 4.69) is 15.4 Å². The number of amides is 2. The average Bonchev–Trinajstić information content (AvgIpc) is 3.07. The van der Waals surface area contributed by atoms with Crippen LogP contribution in [-0.4, -0.2) is 38.1 Å². The van der Waals surface area contributed by atoms with Crippen LogP contribution >= 0.6 is 0 Å². The summed E-state index contributed by atoms with van der Waals surface area (Å²) in [6.07, 6.45) is 2.35. The number of nitrogens with one attached hydrogen (secondary N) is 3. The smallest absolute Gasteiger partial charge is 0.407 e. The van der Waals surface area contributed by atoms with Gasteiger partial charge >= 0.3 is 6.09 Å². The molecule has 0 aliphatic heterocycles. The summed E-state index contributed by atoms with van der Waals surface area (Å²) in [6.45, 7) is 5.95. The van der Waals surface area contributed by atoms with Crippen molar-refractivity contribution in [2.24, 2.45) is 0 Å². The van der Waals surface area contributed by atoms with Gasteiger partial charge in [0.25, 0.3) is 5.91 Å². The first-order valence-electron chi connectivity index (χ1n) is 16.4. The minimum absolute atomic E-state index is 0.0417. The summed E-state index contributed by atoms with van der Waals surface area (Å²) < 4.78 is 46.9. The molecular formula is C38H43N3O7S. The molecule has 5 rings (SSSR count). The molecule has 11 heteroatoms. The van der Waals surface area contributed by atoms with Crippen molar-refractivity contribution in [1.29, 1.82) is 0 Å². The molecule has 0 unspecified atom stereocenters. The van der Waals surface area contributed by atoms with Crippen molar-refractivity contribution in [3.63, 3.8) is 0 Å². The average molecular weight is 686 g/mol. The molecule has 2 atom stereocenters. The Kier molecular flexibility index (Phi) is 11.6. The topological polar surface area (TPSA) is 132 Å². The number of sulfonamides is 1. The van der Waals surface area contributed by atoms with Gasteiger partial charge in [-0.3, -0.25) is 4.79 Å². The molecule has 3 N–H and O–H groups in total. The van der Waals surface area contributed by atoms with Gasteiger partial charge in [0.1, 0.15) is 30.3 Å². The molecule has 2 amide bonds. The second-order valence-corrected chi connectivity index (χ2v) is 14.7. The minimum atomic E-state index is -3.92. The number of carbonyl (C=O) groups excluding carboxylic acids is 2. The van der Waals surface area contributed by atoms with Crippen molar-refractivity contribution in [3.8, 4) is 11.5 Å². The van der Waals surface area contributed by atoms with Gasteiger partial charge in [-0.05, 0) is 81.1 Å². The summed E-state index contributed by atoms with van der Waals surface area (Å²) in [7, 11) is -3.92. The van der Waals surface area contributed by atoms with Crippen LogP contribution in [0.5, 0.6) is 11.5 Å². The normalized spacial score (nSPS) is 16.3. The summed E-state index contributed by atoms with van der Waals surface area (Å²) in [5, 5.41) is 5.67. The molecule has 0 radical (unpaired) electrons. The highest BCUT2D eigenvalue weighted by Crippen LogP contribution is 2.27. The van der Waals surface area contributed by atoms with Gasteiger partial charge in [0, 0.05) is 29.4 Å². The standard InChI is InChI=1S/C38H43N3O7S/c1-38(2,3)48-37(43)40-34-16-10-11-17-35(34)41-49(44,45)33-20-18-30(19-21-33)39-36(42)29-22-31(46-25-27-12-6-4-7-13-27)24-32(23-29)47-26-28-14-8-5-9-15-28/h4-9,12-15,18-24,34-35,41H,10-11,16-17,25-26H2,1-3H3,(H,39,42)(H,40,43)/t34-,35-/m1/s1. The van der Waals surface area contributed by atoms with Crippen LogP contribution in [0.2, 0.25) is 0 Å². The van der Waals surface area contributed by atoms with E-state index in [4.69, 9.17) is 14.2 Å². The number of alkyl carbamates (subject to hydrolysis) is 1. The molecule has 10 nitrogen and oxygen atoms in total. The van der Waals surface area contributed by atoms with Gasteiger partial charge in [0.2, 0.25) is 10.0 Å². The predicted molar refractivity (Wildman–Crippen MR) is 188 cm³/mol. The van der Waals surface area contributed by atoms with Gasteiger partial charge in [0.05, 0.1) is 4.90 Å². The Morgan fingerprint density at radius 3 is 1.80 bits per heavy atom. The summed E-state index contributed by atoms with van der Waals surface area (Å²) in [6, 6.07) is 29.5. The maximum absolute atomic E-state index is 13.4. The van der Waals surface area contributed by atoms with E-state index in [9.17, 15) is 18.0 Å². The zero-order valence-corrected chi connectivity index (χ0v) is 28.8. The maximum Gasteiger partial charge on any atom is 0.407 e. The fourth-order valence-electron chi connectivity index (χ4n) is 5.44. The van der Waals surface area contributed by atoms with Crippen molar-refractivity contribution < 1.29 is 32.2 Å². The van der Waals surface area contributed by atoms with Crippen molar-refractivity contribution in [2.45, 2.75) is 82.2 Å². The third kappa shape index (κ3) is 10.8. The number of rotatable bonds is 12. The lowest BCUT2D eigenvalue weighted by Gasteiger charge is -2.33. The van der Waals surface area contributed by atoms with E-state index in [1.165, 1.54) is 24.3 Å². The monoisotopic (exact) mass is 685 g/mol. The first kappa shape index (κ1) is 35.4. The van der Waals surface area contributed by atoms with E-state index in [1.807, 2.05) is 60.7 Å². The molecule has 4 aromatic carbocycles. The number of hydrogen-bond donors (Lipinski definition) is 3. The van der Waals surface area contributed by atoms with Crippen LogP contribution < -0.4 is 24.8 Å². The largest absolute Gasteiger partial charge is 0.489 e. The van der Waals surface area contributed by atoms with E-state index >= 15 is 0 Å². The first-order chi connectivity index (χ1) is 23.4. The molecule has 258 valence electrons. The van der Waals surface area contributed by atoms with Crippen LogP contribution in [0.15, 0.2) is 108 Å². The summed E-state index contributed by atoms with van der Waals surface area (Å²) in [5.41, 5.74) is 2.02. The van der Waals surface area contributed by atoms with E-state index < -0.39 is 39.7 Å². The molecular weight excluding hydrogens is 642 g/mol. The third-order valence-electron chi connectivity index (χ3n) is 7.84. The van der Waals surface area contributed by atoms with Crippen molar-refractivity contribution in [3.05, 3.63) is 120 Å². The van der Waals surface area contributed by atoms with Crippen molar-refractivity contribution in [2.75, 3.05) is 5.32 Å². The van der Waals surface area contributed by atoms with E-state index in [0.717, 1.165) is 24.0 Å². The zero-order valence-electron chi connectivity index (χ0n) is 28.0. The minimum Gasteiger partial charge on any atom is -0.489 e. The fourth-order valence-corrected chi connectivity index (χ4v) is 6.75. The summed E-state index contributed by atoms with van der Waals surface area (Å²) >= 11 is 0. The Morgan fingerprint density at radius 2 is 1.27 bits per heavy atom. The van der Waals surface area contributed by atoms with Crippen LogP contribution in [0, 0.1) is 0 Å². The SMILES string of the molecule is CC(C)(C)OC(=O)N[C@@H]1CCCC[C@H]1NS(=O)(=O)c1ccc(NC(=O)c2cc(OCc3ccccc3)cc(OCc3ccccc3)c2)cc1. The van der Waals surface area contributed by atoms with Gasteiger partial charge in [-0.15, -0.1) is 0 Å². The molecule has 0 aromatic heterocycles. The number of carbonyl (C=O) groups is 2. The third-order valence-corrected chi connectivity index (χ3v) is 9.34. The number of hydrogen-bond acceptors (Lipinski definition) is 7. The summed E-state index contributed by atoms with van der Waals surface area (Å²) in [4.78, 5) is 25.9. The quantitative estimate of drug-likeness (QED) is 0.144. The Hall–Kier alpha value is -4.87. The van der Waals surface area contributed by atoms with Gasteiger partial charge < -0.3 is 24.8 Å². The molecule has 0 spiro atoms. The Morgan fingerprint density at radius 1 is 0.735 bits per heavy atom. The van der Waals surface area contributed by atoms with Crippen molar-refractivity contribution >= 4 is 27.7 Å².